The molecule has 4 aromatic heterocycles. The van der Waals surface area contributed by atoms with Crippen LogP contribution in [-0.4, -0.2) is 41.4 Å². The van der Waals surface area contributed by atoms with E-state index in [0.29, 0.717) is 16.5 Å². The van der Waals surface area contributed by atoms with Crippen LogP contribution < -0.4 is 5.32 Å². The molecule has 0 aromatic carbocycles. The highest BCUT2D eigenvalue weighted by molar-refractivity contribution is 7.14. The summed E-state index contributed by atoms with van der Waals surface area (Å²) in [7, 11) is 0. The molecule has 0 aliphatic heterocycles. The van der Waals surface area contributed by atoms with Gasteiger partial charge >= 0.3 is 6.18 Å². The molecule has 4 heterocycles. The largest absolute Gasteiger partial charge is 0.408 e. The smallest absolute Gasteiger partial charge is 0.320 e. The highest BCUT2D eigenvalue weighted by Gasteiger charge is 2.38. The molecule has 1 fully saturated rings. The maximum absolute atomic E-state index is 13.1. The highest BCUT2D eigenvalue weighted by atomic mass is 32.1. The van der Waals surface area contributed by atoms with Crippen molar-refractivity contribution in [3.63, 3.8) is 0 Å². The second-order valence-corrected chi connectivity index (χ2v) is 8.72. The van der Waals surface area contributed by atoms with Gasteiger partial charge in [0.2, 0.25) is 0 Å². The molecule has 1 atom stereocenters. The minimum Gasteiger partial charge on any atom is -0.320 e. The molecule has 1 aliphatic carbocycles. The molecule has 170 valence electrons. The Balaban J connectivity index is 1.32. The number of anilines is 1. The number of aromatic nitrogens is 6. The lowest BCUT2D eigenvalue weighted by molar-refractivity contribution is -0.162. The first-order valence-corrected chi connectivity index (χ1v) is 11.0. The van der Waals surface area contributed by atoms with Gasteiger partial charge < -0.3 is 14.5 Å². The summed E-state index contributed by atoms with van der Waals surface area (Å²) >= 11 is 1.16. The van der Waals surface area contributed by atoms with Crippen LogP contribution in [0.15, 0.2) is 48.6 Å². The van der Waals surface area contributed by atoms with Gasteiger partial charge in [0.25, 0.3) is 5.91 Å². The van der Waals surface area contributed by atoms with Crippen molar-refractivity contribution >= 4 is 22.9 Å². The van der Waals surface area contributed by atoms with Gasteiger partial charge in [-0.3, -0.25) is 9.78 Å². The number of rotatable bonds is 6. The molecule has 33 heavy (non-hydrogen) atoms. The van der Waals surface area contributed by atoms with Crippen molar-refractivity contribution in [2.75, 3.05) is 5.32 Å². The van der Waals surface area contributed by atoms with Gasteiger partial charge in [-0.25, -0.2) is 4.98 Å². The van der Waals surface area contributed by atoms with Crippen LogP contribution in [0, 0.1) is 0 Å². The fourth-order valence-corrected chi connectivity index (χ4v) is 4.18. The number of thiophene rings is 1. The van der Waals surface area contributed by atoms with E-state index in [4.69, 9.17) is 0 Å². The van der Waals surface area contributed by atoms with Crippen molar-refractivity contribution in [3.8, 4) is 16.4 Å². The number of imidazole rings is 1. The highest BCUT2D eigenvalue weighted by Crippen LogP contribution is 2.39. The maximum atomic E-state index is 13.1. The van der Waals surface area contributed by atoms with Gasteiger partial charge in [-0.1, -0.05) is 0 Å². The summed E-state index contributed by atoms with van der Waals surface area (Å²) in [6.07, 6.45) is 4.12. The number of carbonyl (C=O) groups is 1. The second kappa shape index (κ2) is 8.10. The van der Waals surface area contributed by atoms with Crippen LogP contribution in [0.5, 0.6) is 0 Å². The summed E-state index contributed by atoms with van der Waals surface area (Å²) < 4.78 is 42.2. The van der Waals surface area contributed by atoms with Crippen LogP contribution in [0.2, 0.25) is 0 Å². The Bertz CT molecular complexity index is 1300. The molecule has 0 radical (unpaired) electrons. The van der Waals surface area contributed by atoms with Gasteiger partial charge in [-0.05, 0) is 38.0 Å². The van der Waals surface area contributed by atoms with E-state index in [2.05, 4.69) is 25.5 Å². The Morgan fingerprint density at radius 2 is 2.06 bits per heavy atom. The Morgan fingerprint density at radius 3 is 2.82 bits per heavy atom. The molecular formula is C21H18F3N7OS. The maximum Gasteiger partial charge on any atom is 0.408 e. The van der Waals surface area contributed by atoms with E-state index >= 15 is 0 Å². The number of carbonyl (C=O) groups excluding carboxylic acids is 1. The number of pyridine rings is 1. The van der Waals surface area contributed by atoms with Crippen molar-refractivity contribution < 1.29 is 18.0 Å². The molecule has 4 aromatic rings. The number of hydrogen-bond acceptors (Lipinski definition) is 6. The van der Waals surface area contributed by atoms with Crippen molar-refractivity contribution in [2.45, 2.75) is 37.9 Å². The first-order valence-electron chi connectivity index (χ1n) is 10.2. The normalized spacial score (nSPS) is 14.9. The molecule has 12 heteroatoms. The second-order valence-electron chi connectivity index (χ2n) is 7.81. The third-order valence-electron chi connectivity index (χ3n) is 5.41. The zero-order valence-corrected chi connectivity index (χ0v) is 18.1. The van der Waals surface area contributed by atoms with E-state index < -0.39 is 18.1 Å². The summed E-state index contributed by atoms with van der Waals surface area (Å²) in [5, 5.41) is 11.8. The molecule has 0 spiro atoms. The van der Waals surface area contributed by atoms with Crippen molar-refractivity contribution in [3.05, 3.63) is 60.0 Å². The fraction of sp³-hybridized carbons (Fsp3) is 0.286. The van der Waals surface area contributed by atoms with Crippen molar-refractivity contribution in [1.29, 1.82) is 0 Å². The standard InChI is InChI=1S/C21H18F3N7OS/c1-12(21(22,23)24)31-11-27-29-19(31)18-6-14(9-33-18)28-20(32)16-7-15(4-5-25-16)30-8-17(26-10-30)13-2-3-13/h4-13H,2-3H2,1H3,(H,28,32). The lowest BCUT2D eigenvalue weighted by atomic mass is 10.2. The average Bonchev–Trinajstić information content (AvgIpc) is 3.19. The quantitative estimate of drug-likeness (QED) is 0.433. The van der Waals surface area contributed by atoms with Crippen molar-refractivity contribution in [1.82, 2.24) is 29.3 Å². The summed E-state index contributed by atoms with van der Waals surface area (Å²) in [6, 6.07) is 3.22. The van der Waals surface area contributed by atoms with Gasteiger partial charge in [0, 0.05) is 23.7 Å². The molecule has 0 saturated heterocycles. The first kappa shape index (κ1) is 21.3. The average molecular weight is 473 g/mol. The van der Waals surface area contributed by atoms with Crippen LogP contribution in [-0.2, 0) is 0 Å². The van der Waals surface area contributed by atoms with Gasteiger partial charge in [0.1, 0.15) is 18.1 Å². The zero-order valence-electron chi connectivity index (χ0n) is 17.3. The molecular weight excluding hydrogens is 455 g/mol. The zero-order chi connectivity index (χ0) is 23.2. The fourth-order valence-electron chi connectivity index (χ4n) is 3.35. The van der Waals surface area contributed by atoms with E-state index in [1.807, 2.05) is 10.8 Å². The van der Waals surface area contributed by atoms with Gasteiger partial charge in [0.05, 0.1) is 28.3 Å². The van der Waals surface area contributed by atoms with Gasteiger partial charge in [-0.15, -0.1) is 21.5 Å². The van der Waals surface area contributed by atoms with Crippen LogP contribution in [0.4, 0.5) is 18.9 Å². The summed E-state index contributed by atoms with van der Waals surface area (Å²) in [5.41, 5.74) is 2.43. The van der Waals surface area contributed by atoms with E-state index in [1.54, 1.807) is 36.1 Å². The number of nitrogens with one attached hydrogen (secondary N) is 1. The lowest BCUT2D eigenvalue weighted by Crippen LogP contribution is -2.23. The van der Waals surface area contributed by atoms with E-state index in [1.165, 1.54) is 0 Å². The minimum absolute atomic E-state index is 0.0806. The van der Waals surface area contributed by atoms with Crippen LogP contribution in [0.3, 0.4) is 0 Å². The molecule has 1 amide bonds. The Hall–Kier alpha value is -3.54. The molecule has 1 saturated carbocycles. The molecule has 8 nitrogen and oxygen atoms in total. The topological polar surface area (TPSA) is 90.5 Å². The number of hydrogen-bond donors (Lipinski definition) is 1. The number of halogens is 3. The summed E-state index contributed by atoms with van der Waals surface area (Å²) in [4.78, 5) is 21.8. The third kappa shape index (κ3) is 4.38. The lowest BCUT2D eigenvalue weighted by Gasteiger charge is -2.17. The Morgan fingerprint density at radius 1 is 1.24 bits per heavy atom. The van der Waals surface area contributed by atoms with Gasteiger partial charge in [0.15, 0.2) is 5.82 Å². The summed E-state index contributed by atoms with van der Waals surface area (Å²) in [5.74, 6) is 0.166. The van der Waals surface area contributed by atoms with Crippen LogP contribution >= 0.6 is 11.3 Å². The molecule has 1 N–H and O–H groups in total. The summed E-state index contributed by atoms with van der Waals surface area (Å²) in [6.45, 7) is 1.04. The van der Waals surface area contributed by atoms with E-state index in [-0.39, 0.29) is 11.5 Å². The molecule has 0 bridgehead atoms. The van der Waals surface area contributed by atoms with Crippen LogP contribution in [0.25, 0.3) is 16.4 Å². The monoisotopic (exact) mass is 473 g/mol. The SMILES string of the molecule is CC(n1cnnc1-c1cc(NC(=O)c2cc(-n3cnc(C4CC4)c3)ccn2)cs1)C(F)(F)F. The predicted octanol–water partition coefficient (Wildman–Crippen LogP) is 4.84. The number of amides is 1. The minimum atomic E-state index is -4.43. The van der Waals surface area contributed by atoms with Crippen LogP contribution in [0.1, 0.15) is 47.9 Å². The van der Waals surface area contributed by atoms with Crippen molar-refractivity contribution in [2.24, 2.45) is 0 Å². The van der Waals surface area contributed by atoms with E-state index in [9.17, 15) is 18.0 Å². The van der Waals surface area contributed by atoms with Gasteiger partial charge in [-0.2, -0.15) is 13.2 Å². The van der Waals surface area contributed by atoms with E-state index in [0.717, 1.165) is 53.4 Å². The molecule has 5 rings (SSSR count). The Labute approximate surface area is 190 Å². The predicted molar refractivity (Wildman–Crippen MR) is 115 cm³/mol. The Kier molecular flexibility index (Phi) is 5.23. The number of alkyl halides is 3. The molecule has 1 unspecified atom stereocenters. The molecule has 1 aliphatic rings. The third-order valence-corrected chi connectivity index (χ3v) is 6.34. The first-order chi connectivity index (χ1) is 15.8. The number of nitrogens with zero attached hydrogens (tertiary/aromatic N) is 6.